The maximum Gasteiger partial charge on any atom is 0.281 e. The molecule has 0 aromatic rings. The van der Waals surface area contributed by atoms with Crippen LogP contribution in [0.4, 0.5) is 0 Å². The van der Waals surface area contributed by atoms with E-state index >= 15 is 0 Å². The number of rotatable bonds is 4. The van der Waals surface area contributed by atoms with Crippen LogP contribution in [-0.2, 0) is 10.2 Å². The van der Waals surface area contributed by atoms with Crippen LogP contribution in [0.1, 0.15) is 25.7 Å². The van der Waals surface area contributed by atoms with Gasteiger partial charge in [-0.3, -0.25) is 0 Å². The standard InChI is InChI=1S/C9H19ClN2O2S/c1-11(2)15(13,14)12-8-4-3-5-9(12)6-7-10/h9H,3-8H2,1-2H3. The smallest absolute Gasteiger partial charge is 0.195 e. The summed E-state index contributed by atoms with van der Waals surface area (Å²) in [5.41, 5.74) is 0. The average Bonchev–Trinajstić information content (AvgIpc) is 2.18. The molecule has 0 radical (unpaired) electrons. The lowest BCUT2D eigenvalue weighted by Gasteiger charge is -2.35. The van der Waals surface area contributed by atoms with Crippen molar-refractivity contribution in [2.45, 2.75) is 31.7 Å². The number of piperidine rings is 1. The van der Waals surface area contributed by atoms with E-state index in [-0.39, 0.29) is 6.04 Å². The van der Waals surface area contributed by atoms with Crippen LogP contribution < -0.4 is 0 Å². The first-order valence-corrected chi connectivity index (χ1v) is 7.18. The molecular weight excluding hydrogens is 236 g/mol. The highest BCUT2D eigenvalue weighted by molar-refractivity contribution is 7.86. The van der Waals surface area contributed by atoms with Crippen molar-refractivity contribution in [3.8, 4) is 0 Å². The van der Waals surface area contributed by atoms with Crippen LogP contribution in [0.15, 0.2) is 0 Å². The SMILES string of the molecule is CN(C)S(=O)(=O)N1CCCCC1CCCl. The quantitative estimate of drug-likeness (QED) is 0.709. The van der Waals surface area contributed by atoms with Crippen molar-refractivity contribution >= 4 is 21.8 Å². The van der Waals surface area contributed by atoms with E-state index < -0.39 is 10.2 Å². The Morgan fingerprint density at radius 1 is 1.40 bits per heavy atom. The highest BCUT2D eigenvalue weighted by Crippen LogP contribution is 2.23. The zero-order valence-electron chi connectivity index (χ0n) is 9.32. The van der Waals surface area contributed by atoms with E-state index in [1.165, 1.54) is 4.31 Å². The van der Waals surface area contributed by atoms with Gasteiger partial charge in [-0.2, -0.15) is 17.0 Å². The molecule has 0 aromatic heterocycles. The second-order valence-electron chi connectivity index (χ2n) is 4.03. The van der Waals surface area contributed by atoms with Crippen molar-refractivity contribution in [3.63, 3.8) is 0 Å². The van der Waals surface area contributed by atoms with Crippen molar-refractivity contribution in [2.24, 2.45) is 0 Å². The van der Waals surface area contributed by atoms with Gasteiger partial charge in [-0.25, -0.2) is 0 Å². The molecule has 1 aliphatic heterocycles. The average molecular weight is 255 g/mol. The van der Waals surface area contributed by atoms with Crippen LogP contribution in [0.5, 0.6) is 0 Å². The maximum atomic E-state index is 12.0. The van der Waals surface area contributed by atoms with Gasteiger partial charge in [-0.1, -0.05) is 6.42 Å². The lowest BCUT2D eigenvalue weighted by molar-refractivity contribution is 0.235. The van der Waals surface area contributed by atoms with Crippen LogP contribution in [0.25, 0.3) is 0 Å². The first kappa shape index (κ1) is 13.2. The highest BCUT2D eigenvalue weighted by Gasteiger charge is 2.32. The first-order chi connectivity index (χ1) is 7.00. The molecule has 6 heteroatoms. The van der Waals surface area contributed by atoms with E-state index in [4.69, 9.17) is 11.6 Å². The Labute approximate surface area is 97.4 Å². The second kappa shape index (κ2) is 5.48. The fourth-order valence-electron chi connectivity index (χ4n) is 1.90. The highest BCUT2D eigenvalue weighted by atomic mass is 35.5. The van der Waals surface area contributed by atoms with Gasteiger partial charge >= 0.3 is 0 Å². The minimum atomic E-state index is -3.26. The van der Waals surface area contributed by atoms with Gasteiger partial charge in [0.25, 0.3) is 10.2 Å². The second-order valence-corrected chi connectivity index (χ2v) is 6.50. The summed E-state index contributed by atoms with van der Waals surface area (Å²) in [5, 5.41) is 0. The summed E-state index contributed by atoms with van der Waals surface area (Å²) in [6.07, 6.45) is 3.72. The molecule has 1 atom stereocenters. The van der Waals surface area contributed by atoms with Crippen molar-refractivity contribution in [2.75, 3.05) is 26.5 Å². The lowest BCUT2D eigenvalue weighted by atomic mass is 10.0. The lowest BCUT2D eigenvalue weighted by Crippen LogP contribution is -2.48. The Morgan fingerprint density at radius 3 is 2.60 bits per heavy atom. The van der Waals surface area contributed by atoms with Crippen LogP contribution in [-0.4, -0.2) is 49.6 Å². The van der Waals surface area contributed by atoms with E-state index in [1.54, 1.807) is 18.4 Å². The Bertz CT molecular complexity index is 290. The summed E-state index contributed by atoms with van der Waals surface area (Å²) in [7, 11) is -0.121. The Hall–Kier alpha value is 0.160. The van der Waals surface area contributed by atoms with Crippen LogP contribution in [0, 0.1) is 0 Å². The molecule has 0 bridgehead atoms. The maximum absolute atomic E-state index is 12.0. The summed E-state index contributed by atoms with van der Waals surface area (Å²) in [6, 6.07) is 0.0867. The molecule has 0 saturated carbocycles. The molecule has 0 amide bonds. The van der Waals surface area contributed by atoms with Crippen molar-refractivity contribution in [1.29, 1.82) is 0 Å². The van der Waals surface area contributed by atoms with Gasteiger partial charge in [-0.15, -0.1) is 11.6 Å². The monoisotopic (exact) mass is 254 g/mol. The van der Waals surface area contributed by atoms with E-state index in [0.717, 1.165) is 25.7 Å². The molecule has 1 saturated heterocycles. The zero-order valence-corrected chi connectivity index (χ0v) is 10.9. The molecule has 1 fully saturated rings. The molecule has 4 nitrogen and oxygen atoms in total. The van der Waals surface area contributed by atoms with E-state index in [2.05, 4.69) is 0 Å². The summed E-state index contributed by atoms with van der Waals surface area (Å²) < 4.78 is 26.8. The minimum absolute atomic E-state index is 0.0867. The summed E-state index contributed by atoms with van der Waals surface area (Å²) in [6.45, 7) is 0.627. The van der Waals surface area contributed by atoms with Gasteiger partial charge in [0.2, 0.25) is 0 Å². The van der Waals surface area contributed by atoms with Crippen LogP contribution in [0.3, 0.4) is 0 Å². The molecule has 15 heavy (non-hydrogen) atoms. The van der Waals surface area contributed by atoms with Gasteiger partial charge in [0.1, 0.15) is 0 Å². The van der Waals surface area contributed by atoms with Crippen molar-refractivity contribution in [3.05, 3.63) is 0 Å². The normalized spacial score (nSPS) is 24.7. The number of nitrogens with zero attached hydrogens (tertiary/aromatic N) is 2. The van der Waals surface area contributed by atoms with Crippen molar-refractivity contribution < 1.29 is 8.42 Å². The van der Waals surface area contributed by atoms with Crippen LogP contribution >= 0.6 is 11.6 Å². The fraction of sp³-hybridized carbons (Fsp3) is 1.00. The zero-order chi connectivity index (χ0) is 11.5. The van der Waals surface area contributed by atoms with Gasteiger partial charge in [0, 0.05) is 32.6 Å². The first-order valence-electron chi connectivity index (χ1n) is 5.25. The van der Waals surface area contributed by atoms with Gasteiger partial charge in [0.15, 0.2) is 0 Å². The van der Waals surface area contributed by atoms with Crippen molar-refractivity contribution in [1.82, 2.24) is 8.61 Å². The van der Waals surface area contributed by atoms with Gasteiger partial charge in [0.05, 0.1) is 0 Å². The number of halogens is 1. The van der Waals surface area contributed by atoms with E-state index in [1.807, 2.05) is 0 Å². The molecule has 1 unspecified atom stereocenters. The molecule has 0 aromatic carbocycles. The number of alkyl halides is 1. The van der Waals surface area contributed by atoms with E-state index in [9.17, 15) is 8.42 Å². The molecule has 0 aliphatic carbocycles. The molecule has 1 aliphatic rings. The molecule has 0 N–H and O–H groups in total. The Balaban J connectivity index is 2.80. The number of hydrogen-bond acceptors (Lipinski definition) is 2. The Morgan fingerprint density at radius 2 is 2.07 bits per heavy atom. The topological polar surface area (TPSA) is 40.6 Å². The molecule has 0 spiro atoms. The molecule has 1 rings (SSSR count). The molecular formula is C9H19ClN2O2S. The predicted molar refractivity (Wildman–Crippen MR) is 62.3 cm³/mol. The minimum Gasteiger partial charge on any atom is -0.195 e. The third-order valence-corrected chi connectivity index (χ3v) is 4.99. The third-order valence-electron chi connectivity index (χ3n) is 2.77. The Kier molecular flexibility index (Phi) is 4.83. The summed E-state index contributed by atoms with van der Waals surface area (Å²) in [5.74, 6) is 0.518. The largest absolute Gasteiger partial charge is 0.281 e. The predicted octanol–water partition coefficient (Wildman–Crippen LogP) is 1.28. The van der Waals surface area contributed by atoms with Gasteiger partial charge in [-0.05, 0) is 19.3 Å². The molecule has 90 valence electrons. The third kappa shape index (κ3) is 3.06. The fourth-order valence-corrected chi connectivity index (χ4v) is 3.52. The van der Waals surface area contributed by atoms with Gasteiger partial charge < -0.3 is 0 Å². The number of hydrogen-bond donors (Lipinski definition) is 0. The summed E-state index contributed by atoms with van der Waals surface area (Å²) >= 11 is 5.69. The van der Waals surface area contributed by atoms with E-state index in [0.29, 0.717) is 12.4 Å². The summed E-state index contributed by atoms with van der Waals surface area (Å²) in [4.78, 5) is 0. The molecule has 1 heterocycles. The van der Waals surface area contributed by atoms with Crippen LogP contribution in [0.2, 0.25) is 0 Å².